The molecule has 0 unspecified atom stereocenters. The molecule has 0 radical (unpaired) electrons. The molecule has 0 N–H and O–H groups in total. The first kappa shape index (κ1) is 36.8. The van der Waals surface area contributed by atoms with Gasteiger partial charge in [-0.25, -0.2) is 16.2 Å². The molecule has 0 aliphatic carbocycles. The van der Waals surface area contributed by atoms with E-state index in [4.69, 9.17) is 30.8 Å². The highest BCUT2D eigenvalue weighted by atomic mass is 16.6. The molecule has 1 aromatic heterocycles. The van der Waals surface area contributed by atoms with Crippen LogP contribution < -0.4 is 14.5 Å². The third-order valence-electron chi connectivity index (χ3n) is 10.4. The van der Waals surface area contributed by atoms with Gasteiger partial charge in [-0.15, -0.1) is 0 Å². The van der Waals surface area contributed by atoms with Gasteiger partial charge in [0.2, 0.25) is 6.54 Å². The van der Waals surface area contributed by atoms with E-state index >= 15 is 0 Å². The number of fused-ring (bicyclic) bond motifs is 2. The van der Waals surface area contributed by atoms with Crippen molar-refractivity contribution in [1.82, 2.24) is 19.8 Å². The number of piperazine rings is 1. The zero-order chi connectivity index (χ0) is 37.8. The second-order valence-electron chi connectivity index (χ2n) is 15.3. The van der Waals surface area contributed by atoms with Gasteiger partial charge in [0, 0.05) is 49.4 Å². The number of amides is 2. The summed E-state index contributed by atoms with van der Waals surface area (Å²) in [6, 6.07) is 22.1. The molecule has 4 aromatic rings. The number of rotatable bonds is 8. The number of nitrogens with zero attached hydrogens (tertiary/aromatic N) is 7. The van der Waals surface area contributed by atoms with Crippen molar-refractivity contribution in [3.8, 4) is 6.01 Å². The number of ether oxygens (including phenoxy) is 3. The lowest BCUT2D eigenvalue weighted by Crippen LogP contribution is -2.57. The molecule has 2 fully saturated rings. The summed E-state index contributed by atoms with van der Waals surface area (Å²) < 4.78 is 17.8. The monoisotopic (exact) mass is 731 g/mol. The summed E-state index contributed by atoms with van der Waals surface area (Å²) in [5.41, 5.74) is 4.63. The Bertz CT molecular complexity index is 2020. The van der Waals surface area contributed by atoms with E-state index < -0.39 is 11.7 Å². The molecular formula is C42H49N7O5. The molecule has 54 heavy (non-hydrogen) atoms. The van der Waals surface area contributed by atoms with Crippen LogP contribution in [0.25, 0.3) is 15.6 Å². The van der Waals surface area contributed by atoms with Crippen LogP contribution in [0.15, 0.2) is 66.7 Å². The number of aromatic nitrogens is 2. The molecule has 3 aliphatic heterocycles. The van der Waals surface area contributed by atoms with Crippen LogP contribution in [-0.2, 0) is 29.0 Å². The van der Waals surface area contributed by atoms with Gasteiger partial charge in [0.1, 0.15) is 30.7 Å². The number of aryl methyl sites for hydroxylation is 1. The van der Waals surface area contributed by atoms with E-state index in [9.17, 15) is 9.59 Å². The van der Waals surface area contributed by atoms with Crippen LogP contribution >= 0.6 is 0 Å². The maximum atomic E-state index is 13.3. The van der Waals surface area contributed by atoms with E-state index in [0.717, 1.165) is 54.1 Å². The topological polar surface area (TPSA) is 105 Å². The van der Waals surface area contributed by atoms with Crippen molar-refractivity contribution in [1.29, 1.82) is 0 Å². The maximum absolute atomic E-state index is 13.3. The zero-order valence-corrected chi connectivity index (χ0v) is 31.7. The summed E-state index contributed by atoms with van der Waals surface area (Å²) >= 11 is 0. The molecule has 7 rings (SSSR count). The minimum absolute atomic E-state index is 0.143. The van der Waals surface area contributed by atoms with Crippen molar-refractivity contribution in [3.05, 3.63) is 101 Å². The second kappa shape index (κ2) is 15.8. The van der Waals surface area contributed by atoms with Gasteiger partial charge < -0.3 is 33.8 Å². The minimum atomic E-state index is -0.593. The summed E-state index contributed by atoms with van der Waals surface area (Å²) in [5, 5.41) is 2.43. The van der Waals surface area contributed by atoms with Crippen molar-refractivity contribution in [2.24, 2.45) is 0 Å². The first-order valence-corrected chi connectivity index (χ1v) is 18.9. The molecular weight excluding hydrogens is 683 g/mol. The van der Waals surface area contributed by atoms with Gasteiger partial charge in [-0.1, -0.05) is 60.7 Å². The van der Waals surface area contributed by atoms with E-state index in [0.29, 0.717) is 32.7 Å². The van der Waals surface area contributed by atoms with Crippen molar-refractivity contribution >= 4 is 34.5 Å². The first-order chi connectivity index (χ1) is 26.1. The summed E-state index contributed by atoms with van der Waals surface area (Å²) in [6.07, 6.45) is 1.62. The molecule has 12 heteroatoms. The molecule has 4 heterocycles. The third kappa shape index (κ3) is 8.15. The van der Waals surface area contributed by atoms with Crippen LogP contribution in [0, 0.1) is 13.5 Å². The normalized spacial score (nSPS) is 18.6. The Morgan fingerprint density at radius 2 is 1.67 bits per heavy atom. The average molecular weight is 732 g/mol. The number of benzene rings is 3. The van der Waals surface area contributed by atoms with Gasteiger partial charge >= 0.3 is 18.2 Å². The summed E-state index contributed by atoms with van der Waals surface area (Å²) in [4.78, 5) is 48.1. The summed E-state index contributed by atoms with van der Waals surface area (Å²) in [6.45, 7) is 19.3. The molecule has 3 aliphatic rings. The fraction of sp³-hybridized carbons (Fsp3) is 0.452. The fourth-order valence-corrected chi connectivity index (χ4v) is 7.78. The number of carbonyl (C=O) groups is 2. The van der Waals surface area contributed by atoms with Crippen molar-refractivity contribution in [2.75, 3.05) is 55.7 Å². The van der Waals surface area contributed by atoms with E-state index in [1.165, 1.54) is 16.3 Å². The fourth-order valence-electron chi connectivity index (χ4n) is 7.78. The minimum Gasteiger partial charge on any atom is -0.461 e. The molecule has 3 aromatic carbocycles. The van der Waals surface area contributed by atoms with Gasteiger partial charge in [0.15, 0.2) is 0 Å². The van der Waals surface area contributed by atoms with Crippen molar-refractivity contribution in [2.45, 2.75) is 77.8 Å². The Morgan fingerprint density at radius 1 is 0.889 bits per heavy atom. The van der Waals surface area contributed by atoms with Crippen LogP contribution in [0.4, 0.5) is 21.1 Å². The van der Waals surface area contributed by atoms with Gasteiger partial charge in [-0.3, -0.25) is 4.90 Å². The Hall–Kier alpha value is -5.57. The Balaban J connectivity index is 1.16. The zero-order valence-electron chi connectivity index (χ0n) is 31.7. The van der Waals surface area contributed by atoms with E-state index in [1.54, 1.807) is 9.80 Å². The lowest BCUT2D eigenvalue weighted by molar-refractivity contribution is 0.0183. The average Bonchev–Trinajstić information content (AvgIpc) is 3.64. The first-order valence-electron chi connectivity index (χ1n) is 18.9. The summed E-state index contributed by atoms with van der Waals surface area (Å²) in [5.74, 6) is 0.770. The second-order valence-corrected chi connectivity index (χ2v) is 15.3. The number of hydrogen-bond acceptors (Lipinski definition) is 9. The molecule has 0 bridgehead atoms. The predicted octanol–water partition coefficient (Wildman–Crippen LogP) is 7.03. The van der Waals surface area contributed by atoms with Crippen LogP contribution in [-0.4, -0.2) is 95.5 Å². The highest BCUT2D eigenvalue weighted by Gasteiger charge is 2.37. The van der Waals surface area contributed by atoms with Crippen LogP contribution in [0.3, 0.4) is 0 Å². The Morgan fingerprint density at radius 3 is 2.44 bits per heavy atom. The van der Waals surface area contributed by atoms with Crippen LogP contribution in [0.5, 0.6) is 6.01 Å². The number of hydrogen-bond donors (Lipinski definition) is 0. The molecule has 0 saturated carbocycles. The van der Waals surface area contributed by atoms with Gasteiger partial charge in [0.05, 0.1) is 18.3 Å². The number of likely N-dealkylation sites (tertiary alicyclic amines) is 1. The molecule has 12 nitrogen and oxygen atoms in total. The SMILES string of the molecule is [C-]#[N+]C[C@H]1CN(c2nc(OC[C@@H]3CCCN3C(=O)OC(C)(C)C)nc3c2CCN(c2cccc4cccc(C)c24)C3)CCN1C(=O)OCc1ccccc1. The lowest BCUT2D eigenvalue weighted by Gasteiger charge is -2.40. The maximum Gasteiger partial charge on any atom is 0.410 e. The Kier molecular flexibility index (Phi) is 10.8. The predicted molar refractivity (Wildman–Crippen MR) is 208 cm³/mol. The number of carbonyl (C=O) groups excluding carboxylic acids is 2. The van der Waals surface area contributed by atoms with Gasteiger partial charge in [-0.2, -0.15) is 9.97 Å². The third-order valence-corrected chi connectivity index (χ3v) is 10.4. The Labute approximate surface area is 317 Å². The molecule has 2 saturated heterocycles. The van der Waals surface area contributed by atoms with E-state index in [2.05, 4.69) is 58.0 Å². The van der Waals surface area contributed by atoms with E-state index in [-0.39, 0.29) is 43.9 Å². The van der Waals surface area contributed by atoms with Gasteiger partial charge in [-0.05, 0) is 69.5 Å². The molecule has 282 valence electrons. The number of anilines is 2. The standard InChI is InChI=1S/C42H49N7O5/c1-29-12-9-15-31-16-10-18-36(37(29)31)46-21-19-34-35(26-46)44-39(52-28-32-17-11-20-48(32)41(51)54-42(2,3)4)45-38(34)47-22-23-49(33(25-47)24-43-5)40(50)53-27-30-13-7-6-8-14-30/h6-10,12-16,18,32-33H,11,17,19-28H2,1-4H3/t32-,33-/m0/s1. The van der Waals surface area contributed by atoms with Crippen molar-refractivity contribution in [3.63, 3.8) is 0 Å². The smallest absolute Gasteiger partial charge is 0.410 e. The van der Waals surface area contributed by atoms with Crippen molar-refractivity contribution < 1.29 is 23.8 Å². The molecule has 2 amide bonds. The van der Waals surface area contributed by atoms with Gasteiger partial charge in [0.25, 0.3) is 0 Å². The molecule has 2 atom stereocenters. The highest BCUT2D eigenvalue weighted by Crippen LogP contribution is 2.36. The quantitative estimate of drug-likeness (QED) is 0.177. The summed E-state index contributed by atoms with van der Waals surface area (Å²) in [7, 11) is 0. The largest absolute Gasteiger partial charge is 0.461 e. The lowest BCUT2D eigenvalue weighted by atomic mass is 9.99. The van der Waals surface area contributed by atoms with Crippen LogP contribution in [0.1, 0.15) is 56.0 Å². The molecule has 0 spiro atoms. The van der Waals surface area contributed by atoms with E-state index in [1.807, 2.05) is 51.1 Å². The highest BCUT2D eigenvalue weighted by molar-refractivity contribution is 5.97. The van der Waals surface area contributed by atoms with Crippen LogP contribution in [0.2, 0.25) is 0 Å².